The molecule has 0 radical (unpaired) electrons. The second-order valence-corrected chi connectivity index (χ2v) is 5.04. The van der Waals surface area contributed by atoms with Crippen molar-refractivity contribution in [2.24, 2.45) is 0 Å². The van der Waals surface area contributed by atoms with Crippen molar-refractivity contribution in [1.29, 1.82) is 0 Å². The Morgan fingerprint density at radius 2 is 1.86 bits per heavy atom. The van der Waals surface area contributed by atoms with Gasteiger partial charge in [0, 0.05) is 5.56 Å². The number of hydrogen-bond acceptors (Lipinski definition) is 4. The molecular weight excluding hydrogens is 282 g/mol. The van der Waals surface area contributed by atoms with E-state index >= 15 is 0 Å². The number of para-hydroxylation sites is 1. The molecule has 5 nitrogen and oxygen atoms in total. The first-order chi connectivity index (χ1) is 10.8. The number of quaternary nitrogens is 1. The third-order valence-corrected chi connectivity index (χ3v) is 3.67. The first-order valence-corrected chi connectivity index (χ1v) is 7.22. The SMILES string of the molecule is COc1cccc(C[NH2+]Cc2ccc3c(c2)OCO3)c1OC. The molecule has 0 spiro atoms. The second-order valence-electron chi connectivity index (χ2n) is 5.04. The van der Waals surface area contributed by atoms with Gasteiger partial charge in [-0.3, -0.25) is 0 Å². The molecule has 2 N–H and O–H groups in total. The van der Waals surface area contributed by atoms with Gasteiger partial charge in [0.05, 0.1) is 19.8 Å². The molecule has 1 aliphatic rings. The number of ether oxygens (including phenoxy) is 4. The van der Waals surface area contributed by atoms with E-state index < -0.39 is 0 Å². The molecule has 0 aromatic heterocycles. The van der Waals surface area contributed by atoms with Gasteiger partial charge in [-0.05, 0) is 30.3 Å². The standard InChI is InChI=1S/C17H19NO4/c1-19-15-5-3-4-13(17(15)20-2)10-18-9-12-6-7-14-16(8-12)22-11-21-14/h3-8,18H,9-11H2,1-2H3/p+1. The average molecular weight is 302 g/mol. The van der Waals surface area contributed by atoms with E-state index in [4.69, 9.17) is 18.9 Å². The molecule has 0 unspecified atom stereocenters. The van der Waals surface area contributed by atoms with Crippen LogP contribution >= 0.6 is 0 Å². The van der Waals surface area contributed by atoms with E-state index in [9.17, 15) is 0 Å². The van der Waals surface area contributed by atoms with Gasteiger partial charge in [0.1, 0.15) is 13.1 Å². The number of benzene rings is 2. The van der Waals surface area contributed by atoms with Crippen LogP contribution in [0.4, 0.5) is 0 Å². The number of methoxy groups -OCH3 is 2. The molecule has 0 amide bonds. The first kappa shape index (κ1) is 14.5. The van der Waals surface area contributed by atoms with Crippen LogP contribution in [0.25, 0.3) is 0 Å². The van der Waals surface area contributed by atoms with Gasteiger partial charge in [-0.25, -0.2) is 0 Å². The maximum absolute atomic E-state index is 5.45. The Hall–Kier alpha value is -2.40. The summed E-state index contributed by atoms with van der Waals surface area (Å²) in [4.78, 5) is 0. The zero-order chi connectivity index (χ0) is 15.4. The van der Waals surface area contributed by atoms with Gasteiger partial charge in [0.25, 0.3) is 0 Å². The molecule has 116 valence electrons. The van der Waals surface area contributed by atoms with Crippen LogP contribution in [0.5, 0.6) is 23.0 Å². The molecule has 0 saturated carbocycles. The van der Waals surface area contributed by atoms with Gasteiger partial charge in [-0.1, -0.05) is 6.07 Å². The fraction of sp³-hybridized carbons (Fsp3) is 0.294. The molecular formula is C17H20NO4+. The van der Waals surface area contributed by atoms with Gasteiger partial charge < -0.3 is 24.3 Å². The average Bonchev–Trinajstić information content (AvgIpc) is 3.02. The van der Waals surface area contributed by atoms with Crippen LogP contribution in [0.3, 0.4) is 0 Å². The number of rotatable bonds is 6. The quantitative estimate of drug-likeness (QED) is 0.882. The fourth-order valence-corrected chi connectivity index (χ4v) is 2.58. The summed E-state index contributed by atoms with van der Waals surface area (Å²) in [6.45, 7) is 1.98. The largest absolute Gasteiger partial charge is 0.493 e. The van der Waals surface area contributed by atoms with Gasteiger partial charge in [0.15, 0.2) is 23.0 Å². The highest BCUT2D eigenvalue weighted by Crippen LogP contribution is 2.32. The lowest BCUT2D eigenvalue weighted by Gasteiger charge is -2.11. The molecule has 3 rings (SSSR count). The summed E-state index contributed by atoms with van der Waals surface area (Å²) in [5.41, 5.74) is 2.31. The Kier molecular flexibility index (Phi) is 4.34. The van der Waals surface area contributed by atoms with Gasteiger partial charge >= 0.3 is 0 Å². The topological polar surface area (TPSA) is 53.5 Å². The Morgan fingerprint density at radius 3 is 2.68 bits per heavy atom. The number of hydrogen-bond donors (Lipinski definition) is 1. The molecule has 2 aromatic rings. The maximum atomic E-state index is 5.45. The molecule has 22 heavy (non-hydrogen) atoms. The van der Waals surface area contributed by atoms with Gasteiger partial charge in [-0.2, -0.15) is 0 Å². The highest BCUT2D eigenvalue weighted by atomic mass is 16.7. The lowest BCUT2D eigenvalue weighted by atomic mass is 10.1. The molecule has 0 fully saturated rings. The zero-order valence-electron chi connectivity index (χ0n) is 12.8. The Balaban J connectivity index is 1.64. The molecule has 0 aliphatic carbocycles. The summed E-state index contributed by atoms with van der Waals surface area (Å²) < 4.78 is 21.5. The minimum Gasteiger partial charge on any atom is -0.493 e. The minimum atomic E-state index is 0.309. The Labute approximate surface area is 129 Å². The van der Waals surface area contributed by atoms with Crippen LogP contribution in [-0.2, 0) is 13.1 Å². The third-order valence-electron chi connectivity index (χ3n) is 3.67. The van der Waals surface area contributed by atoms with Crippen molar-refractivity contribution in [3.05, 3.63) is 47.5 Å². The van der Waals surface area contributed by atoms with E-state index in [0.717, 1.165) is 41.7 Å². The van der Waals surface area contributed by atoms with Crippen LogP contribution in [-0.4, -0.2) is 21.0 Å². The lowest BCUT2D eigenvalue weighted by molar-refractivity contribution is -0.686. The molecule has 0 atom stereocenters. The predicted octanol–water partition coefficient (Wildman–Crippen LogP) is 1.70. The van der Waals surface area contributed by atoms with Crippen molar-refractivity contribution < 1.29 is 24.3 Å². The first-order valence-electron chi connectivity index (χ1n) is 7.22. The lowest BCUT2D eigenvalue weighted by Crippen LogP contribution is -2.80. The van der Waals surface area contributed by atoms with Crippen molar-refractivity contribution in [3.63, 3.8) is 0 Å². The van der Waals surface area contributed by atoms with E-state index in [1.807, 2.05) is 24.3 Å². The molecule has 1 aliphatic heterocycles. The molecule has 1 heterocycles. The van der Waals surface area contributed by atoms with Crippen LogP contribution in [0.2, 0.25) is 0 Å². The van der Waals surface area contributed by atoms with E-state index in [-0.39, 0.29) is 0 Å². The highest BCUT2D eigenvalue weighted by Gasteiger charge is 2.14. The second kappa shape index (κ2) is 6.58. The van der Waals surface area contributed by atoms with Crippen LogP contribution in [0.15, 0.2) is 36.4 Å². The number of nitrogens with two attached hydrogens (primary N) is 1. The summed E-state index contributed by atoms with van der Waals surface area (Å²) >= 11 is 0. The summed E-state index contributed by atoms with van der Waals surface area (Å²) in [7, 11) is 3.32. The minimum absolute atomic E-state index is 0.309. The van der Waals surface area contributed by atoms with E-state index in [2.05, 4.69) is 17.4 Å². The van der Waals surface area contributed by atoms with Crippen molar-refractivity contribution in [1.82, 2.24) is 0 Å². The van der Waals surface area contributed by atoms with Crippen LogP contribution in [0, 0.1) is 0 Å². The highest BCUT2D eigenvalue weighted by molar-refractivity contribution is 5.46. The molecule has 0 saturated heterocycles. The number of fused-ring (bicyclic) bond motifs is 1. The fourth-order valence-electron chi connectivity index (χ4n) is 2.58. The van der Waals surface area contributed by atoms with Crippen molar-refractivity contribution in [3.8, 4) is 23.0 Å². The summed E-state index contributed by atoms with van der Waals surface area (Å²) in [6.07, 6.45) is 0. The maximum Gasteiger partial charge on any atom is 0.231 e. The predicted molar refractivity (Wildman–Crippen MR) is 81.4 cm³/mol. The third kappa shape index (κ3) is 2.94. The Bertz CT molecular complexity index is 657. The van der Waals surface area contributed by atoms with Crippen molar-refractivity contribution in [2.45, 2.75) is 13.1 Å². The Morgan fingerprint density at radius 1 is 1.00 bits per heavy atom. The van der Waals surface area contributed by atoms with Gasteiger partial charge in [0.2, 0.25) is 6.79 Å². The smallest absolute Gasteiger partial charge is 0.231 e. The van der Waals surface area contributed by atoms with Gasteiger partial charge in [-0.15, -0.1) is 0 Å². The van der Waals surface area contributed by atoms with Crippen LogP contribution < -0.4 is 24.3 Å². The summed E-state index contributed by atoms with van der Waals surface area (Å²) in [5, 5.41) is 2.22. The molecule has 2 aromatic carbocycles. The zero-order valence-corrected chi connectivity index (χ0v) is 12.8. The van der Waals surface area contributed by atoms with Crippen molar-refractivity contribution >= 4 is 0 Å². The van der Waals surface area contributed by atoms with E-state index in [0.29, 0.717) is 6.79 Å². The molecule has 0 bridgehead atoms. The monoisotopic (exact) mass is 302 g/mol. The van der Waals surface area contributed by atoms with Crippen molar-refractivity contribution in [2.75, 3.05) is 21.0 Å². The summed E-state index contributed by atoms with van der Waals surface area (Å²) in [6, 6.07) is 12.0. The van der Waals surface area contributed by atoms with E-state index in [1.165, 1.54) is 5.56 Å². The normalized spacial score (nSPS) is 12.3. The van der Waals surface area contributed by atoms with Crippen LogP contribution in [0.1, 0.15) is 11.1 Å². The summed E-state index contributed by atoms with van der Waals surface area (Å²) in [5.74, 6) is 3.20. The molecule has 5 heteroatoms. The van der Waals surface area contributed by atoms with E-state index in [1.54, 1.807) is 14.2 Å².